The van der Waals surface area contributed by atoms with Crippen molar-refractivity contribution >= 4 is 6.09 Å². The summed E-state index contributed by atoms with van der Waals surface area (Å²) in [6.07, 6.45) is -0.369. The maximum absolute atomic E-state index is 12.4. The number of quaternary nitrogens is 1. The zero-order valence-electron chi connectivity index (χ0n) is 15.0. The Kier molecular flexibility index (Phi) is 5.91. The van der Waals surface area contributed by atoms with Gasteiger partial charge < -0.3 is 21.7 Å². The molecule has 3 rings (SSSR count). The molecule has 0 saturated carbocycles. The molecule has 0 unspecified atom stereocenters. The van der Waals surface area contributed by atoms with Gasteiger partial charge >= 0.3 is 6.09 Å². The molecule has 5 heteroatoms. The van der Waals surface area contributed by atoms with E-state index in [9.17, 15) is 4.79 Å². The number of benzene rings is 2. The van der Waals surface area contributed by atoms with Gasteiger partial charge in [0.25, 0.3) is 0 Å². The van der Waals surface area contributed by atoms with E-state index in [4.69, 9.17) is 4.74 Å². The number of hydrogen-bond acceptors (Lipinski definition) is 2. The summed E-state index contributed by atoms with van der Waals surface area (Å²) in [5.74, 6) is 0. The summed E-state index contributed by atoms with van der Waals surface area (Å²) < 4.78 is 5.95. The Morgan fingerprint density at radius 3 is 2.04 bits per heavy atom. The van der Waals surface area contributed by atoms with Crippen LogP contribution in [0, 0.1) is 0 Å². The second-order valence-corrected chi connectivity index (χ2v) is 7.49. The molecule has 1 aliphatic heterocycles. The van der Waals surface area contributed by atoms with Crippen LogP contribution >= 0.6 is 0 Å². The van der Waals surface area contributed by atoms with Crippen molar-refractivity contribution in [3.63, 3.8) is 0 Å². The lowest BCUT2D eigenvalue weighted by Crippen LogP contribution is -3.00. The minimum absolute atomic E-state index is 0. The molecule has 0 aromatic heterocycles. The Balaban J connectivity index is 0.00000225. The number of carbonyl (C=O) groups excluding carboxylic acids is 1. The second-order valence-electron chi connectivity index (χ2n) is 7.49. The van der Waals surface area contributed by atoms with Crippen molar-refractivity contribution in [1.29, 1.82) is 0 Å². The average molecular weight is 405 g/mol. The lowest BCUT2D eigenvalue weighted by atomic mass is 10.1. The van der Waals surface area contributed by atoms with E-state index in [2.05, 4.69) is 41.8 Å². The van der Waals surface area contributed by atoms with Gasteiger partial charge in [0.2, 0.25) is 0 Å². The molecule has 1 amide bonds. The normalized spacial score (nSPS) is 15.0. The zero-order chi connectivity index (χ0) is 17.2. The van der Waals surface area contributed by atoms with E-state index in [-0.39, 0.29) is 23.1 Å². The Morgan fingerprint density at radius 2 is 1.52 bits per heavy atom. The van der Waals surface area contributed by atoms with Gasteiger partial charge in [0.15, 0.2) is 0 Å². The van der Waals surface area contributed by atoms with Gasteiger partial charge in [-0.2, -0.15) is 5.43 Å². The Hall–Kier alpha value is -1.85. The van der Waals surface area contributed by atoms with Crippen LogP contribution in [0.4, 0.5) is 4.79 Å². The van der Waals surface area contributed by atoms with Crippen molar-refractivity contribution in [2.45, 2.75) is 46.0 Å². The van der Waals surface area contributed by atoms with Crippen LogP contribution in [0.25, 0.3) is 0 Å². The van der Waals surface area contributed by atoms with Crippen molar-refractivity contribution in [1.82, 2.24) is 5.43 Å². The van der Waals surface area contributed by atoms with E-state index in [1.54, 1.807) is 0 Å². The zero-order valence-corrected chi connectivity index (χ0v) is 16.5. The number of ether oxygens (including phenoxy) is 1. The maximum atomic E-state index is 12.4. The summed E-state index contributed by atoms with van der Waals surface area (Å²) in [5.41, 5.74) is 6.37. The van der Waals surface area contributed by atoms with Gasteiger partial charge in [-0.25, -0.2) is 9.39 Å². The molecule has 0 radical (unpaired) electrons. The predicted octanol–water partition coefficient (Wildman–Crippen LogP) is 1.16. The van der Waals surface area contributed by atoms with Gasteiger partial charge in [-0.1, -0.05) is 54.6 Å². The number of carbonyl (C=O) groups is 1. The number of rotatable bonds is 3. The maximum Gasteiger partial charge on any atom is 0.452 e. The molecule has 4 nitrogen and oxygen atoms in total. The molecule has 25 heavy (non-hydrogen) atoms. The van der Waals surface area contributed by atoms with Crippen molar-refractivity contribution in [3.05, 3.63) is 71.3 Å². The molecule has 134 valence electrons. The molecular weight excluding hydrogens is 380 g/mol. The summed E-state index contributed by atoms with van der Waals surface area (Å²) in [5, 5.41) is 0. The molecule has 0 bridgehead atoms. The molecule has 0 saturated heterocycles. The fraction of sp³-hybridized carbons (Fsp3) is 0.350. The second kappa shape index (κ2) is 7.58. The van der Waals surface area contributed by atoms with E-state index in [0.29, 0.717) is 4.59 Å². The number of hydrogen-bond donors (Lipinski definition) is 1. The van der Waals surface area contributed by atoms with Gasteiger partial charge in [-0.15, -0.1) is 0 Å². The van der Waals surface area contributed by atoms with Crippen molar-refractivity contribution in [2.24, 2.45) is 0 Å². The molecule has 0 fully saturated rings. The largest absolute Gasteiger partial charge is 1.00 e. The van der Waals surface area contributed by atoms with Crippen LogP contribution in [-0.2, 0) is 24.4 Å². The van der Waals surface area contributed by atoms with E-state index in [1.807, 2.05) is 39.0 Å². The molecule has 2 aromatic carbocycles. The third-order valence-corrected chi connectivity index (χ3v) is 4.12. The fourth-order valence-electron chi connectivity index (χ4n) is 3.23. The Morgan fingerprint density at radius 1 is 1.00 bits per heavy atom. The van der Waals surface area contributed by atoms with Crippen LogP contribution in [0.15, 0.2) is 54.6 Å². The van der Waals surface area contributed by atoms with Crippen LogP contribution in [0.1, 0.15) is 37.5 Å². The summed E-state index contributed by atoms with van der Waals surface area (Å²) in [4.78, 5) is 12.4. The molecular formula is C20H25BrN2O2. The first-order valence-electron chi connectivity index (χ1n) is 8.33. The number of nitrogens with zero attached hydrogens (tertiary/aromatic N) is 1. The highest BCUT2D eigenvalue weighted by atomic mass is 79.9. The van der Waals surface area contributed by atoms with Crippen LogP contribution in [0.2, 0.25) is 0 Å². The summed E-state index contributed by atoms with van der Waals surface area (Å²) in [7, 11) is 0. The predicted molar refractivity (Wildman–Crippen MR) is 93.6 cm³/mol. The van der Waals surface area contributed by atoms with Crippen LogP contribution < -0.4 is 22.4 Å². The molecule has 0 spiro atoms. The molecule has 1 aliphatic rings. The Bertz CT molecular complexity index is 701. The van der Waals surface area contributed by atoms with E-state index in [0.717, 1.165) is 19.6 Å². The molecule has 1 heterocycles. The van der Waals surface area contributed by atoms with Gasteiger partial charge in [0, 0.05) is 16.7 Å². The van der Waals surface area contributed by atoms with E-state index < -0.39 is 5.60 Å². The van der Waals surface area contributed by atoms with Gasteiger partial charge in [0.05, 0.1) is 0 Å². The van der Waals surface area contributed by atoms with Crippen molar-refractivity contribution in [3.8, 4) is 0 Å². The smallest absolute Gasteiger partial charge is 0.452 e. The highest BCUT2D eigenvalue weighted by Gasteiger charge is 2.39. The molecule has 0 atom stereocenters. The van der Waals surface area contributed by atoms with Crippen molar-refractivity contribution < 1.29 is 31.1 Å². The average Bonchev–Trinajstić information content (AvgIpc) is 2.83. The van der Waals surface area contributed by atoms with E-state index >= 15 is 0 Å². The third kappa shape index (κ3) is 5.06. The lowest BCUT2D eigenvalue weighted by Gasteiger charge is -2.34. The molecule has 2 aromatic rings. The number of amides is 1. The summed E-state index contributed by atoms with van der Waals surface area (Å²) in [6, 6.07) is 18.6. The SMILES string of the molecule is CC(C)(C)OC(=O)N[N+]1(Cc2ccccc2)Cc2ccccc2C1.[Br-]. The standard InChI is InChI=1S/C20H24N2O2.BrH/c1-20(2,3)24-19(23)21-22(13-16-9-5-4-6-10-16)14-17-11-7-8-12-18(17)15-22;/h4-12H,13-15H2,1-3H3;1H. The first-order valence-corrected chi connectivity index (χ1v) is 8.33. The molecule has 1 N–H and O–H groups in total. The topological polar surface area (TPSA) is 38.3 Å². The highest BCUT2D eigenvalue weighted by Crippen LogP contribution is 2.30. The van der Waals surface area contributed by atoms with Crippen molar-refractivity contribution in [2.75, 3.05) is 0 Å². The van der Waals surface area contributed by atoms with Crippen LogP contribution in [-0.4, -0.2) is 16.3 Å². The number of nitrogens with one attached hydrogen (secondary N) is 1. The van der Waals surface area contributed by atoms with E-state index in [1.165, 1.54) is 16.7 Å². The minimum Gasteiger partial charge on any atom is -1.00 e. The van der Waals surface area contributed by atoms with Crippen LogP contribution in [0.5, 0.6) is 0 Å². The van der Waals surface area contributed by atoms with Gasteiger partial charge in [-0.3, -0.25) is 0 Å². The quantitative estimate of drug-likeness (QED) is 0.779. The number of fused-ring (bicyclic) bond motifs is 1. The highest BCUT2D eigenvalue weighted by molar-refractivity contribution is 5.66. The molecule has 0 aliphatic carbocycles. The summed E-state index contributed by atoms with van der Waals surface area (Å²) in [6.45, 7) is 7.91. The lowest BCUT2D eigenvalue weighted by molar-refractivity contribution is -0.992. The fourth-order valence-corrected chi connectivity index (χ4v) is 3.23. The Labute approximate surface area is 160 Å². The van der Waals surface area contributed by atoms with Gasteiger partial charge in [-0.05, 0) is 20.8 Å². The first-order chi connectivity index (χ1) is 11.4. The van der Waals surface area contributed by atoms with Gasteiger partial charge in [0.1, 0.15) is 25.2 Å². The first kappa shape index (κ1) is 19.5. The number of halogens is 1. The third-order valence-electron chi connectivity index (χ3n) is 4.12. The minimum atomic E-state index is -0.507. The monoisotopic (exact) mass is 404 g/mol. The summed E-state index contributed by atoms with van der Waals surface area (Å²) >= 11 is 0. The van der Waals surface area contributed by atoms with Crippen LogP contribution in [0.3, 0.4) is 0 Å².